The molecule has 4 rings (SSSR count). The fourth-order valence-electron chi connectivity index (χ4n) is 2.78. The first-order chi connectivity index (χ1) is 9.64. The number of carbonyl (C=O) groups is 2. The lowest BCUT2D eigenvalue weighted by molar-refractivity contribution is -0.605. The molecule has 0 N–H and O–H groups in total. The third kappa shape index (κ3) is 1.22. The molecule has 1 aromatic heterocycles. The Balaban J connectivity index is 1.77. The van der Waals surface area contributed by atoms with Crippen LogP contribution in [0.1, 0.15) is 32.4 Å². The van der Waals surface area contributed by atoms with Crippen molar-refractivity contribution in [2.45, 2.75) is 11.7 Å². The predicted molar refractivity (Wildman–Crippen MR) is 67.1 cm³/mol. The maximum atomic E-state index is 12.4. The summed E-state index contributed by atoms with van der Waals surface area (Å²) in [6, 6.07) is 9.86. The Hall–Kier alpha value is -2.53. The number of pyridine rings is 1. The second-order valence-corrected chi connectivity index (χ2v) is 4.93. The van der Waals surface area contributed by atoms with Gasteiger partial charge in [-0.1, -0.05) is 24.3 Å². The van der Waals surface area contributed by atoms with E-state index in [2.05, 4.69) is 0 Å². The van der Waals surface area contributed by atoms with Gasteiger partial charge < -0.3 is 9.94 Å². The van der Waals surface area contributed by atoms with Crippen LogP contribution in [0.15, 0.2) is 48.8 Å². The van der Waals surface area contributed by atoms with E-state index in [4.69, 9.17) is 4.74 Å². The van der Waals surface area contributed by atoms with Gasteiger partial charge in [0.25, 0.3) is 0 Å². The number of benzene rings is 1. The third-order valence-electron chi connectivity index (χ3n) is 3.84. The lowest BCUT2D eigenvalue weighted by atomic mass is 9.95. The van der Waals surface area contributed by atoms with Gasteiger partial charge in [0.1, 0.15) is 6.10 Å². The highest BCUT2D eigenvalue weighted by Crippen LogP contribution is 2.56. The number of carbonyl (C=O) groups excluding carboxylic acids is 2. The highest BCUT2D eigenvalue weighted by atomic mass is 16.6. The Labute approximate surface area is 114 Å². The maximum Gasteiger partial charge on any atom is 0.224 e. The summed E-state index contributed by atoms with van der Waals surface area (Å²) in [5.74, 6) is -0.580. The number of Topliss-reactive ketones (excluding diaryl/α,β-unsaturated/α-hetero) is 2. The predicted octanol–water partition coefficient (Wildman–Crippen LogP) is 1.21. The Kier molecular flexibility index (Phi) is 1.99. The standard InChI is InChI=1S/C15H9NO4/c17-12-10-3-1-2-4-11(10)13(18)15(12)14(20-15)9-5-7-16(19)8-6-9/h1-8,14H. The highest BCUT2D eigenvalue weighted by Gasteiger charge is 2.72. The average molecular weight is 267 g/mol. The minimum absolute atomic E-state index is 0.290. The third-order valence-corrected chi connectivity index (χ3v) is 3.84. The van der Waals surface area contributed by atoms with Crippen LogP contribution in [0.25, 0.3) is 0 Å². The molecule has 1 aromatic carbocycles. The van der Waals surface area contributed by atoms with Crippen LogP contribution < -0.4 is 4.73 Å². The van der Waals surface area contributed by atoms with Crippen LogP contribution in [-0.4, -0.2) is 17.2 Å². The van der Waals surface area contributed by atoms with Crippen molar-refractivity contribution in [2.75, 3.05) is 0 Å². The van der Waals surface area contributed by atoms with Gasteiger partial charge in [0.05, 0.1) is 0 Å². The van der Waals surface area contributed by atoms with Crippen molar-refractivity contribution in [1.82, 2.24) is 0 Å². The molecular formula is C15H9NO4. The van der Waals surface area contributed by atoms with E-state index in [1.54, 1.807) is 36.4 Å². The number of rotatable bonds is 1. The summed E-state index contributed by atoms with van der Waals surface area (Å²) >= 11 is 0. The molecule has 1 atom stereocenters. The zero-order valence-corrected chi connectivity index (χ0v) is 10.3. The van der Waals surface area contributed by atoms with Crippen molar-refractivity contribution in [2.24, 2.45) is 0 Å². The van der Waals surface area contributed by atoms with Crippen molar-refractivity contribution in [3.8, 4) is 0 Å². The van der Waals surface area contributed by atoms with Gasteiger partial charge in [-0.25, -0.2) is 0 Å². The van der Waals surface area contributed by atoms with E-state index in [-0.39, 0.29) is 11.6 Å². The molecule has 1 aliphatic heterocycles. The minimum atomic E-state index is -1.40. The van der Waals surface area contributed by atoms with Gasteiger partial charge in [-0.05, 0) is 5.56 Å². The van der Waals surface area contributed by atoms with Crippen molar-refractivity contribution < 1.29 is 19.1 Å². The monoisotopic (exact) mass is 267 g/mol. The van der Waals surface area contributed by atoms with E-state index in [1.807, 2.05) is 0 Å². The summed E-state index contributed by atoms with van der Waals surface area (Å²) < 4.78 is 6.13. The molecule has 2 aromatic rings. The fraction of sp³-hybridized carbons (Fsp3) is 0.133. The van der Waals surface area contributed by atoms with Gasteiger partial charge in [-0.15, -0.1) is 0 Å². The summed E-state index contributed by atoms with van der Waals surface area (Å²) in [7, 11) is 0. The highest BCUT2D eigenvalue weighted by molar-refractivity contribution is 6.34. The lowest BCUT2D eigenvalue weighted by Crippen LogP contribution is -2.28. The van der Waals surface area contributed by atoms with E-state index in [0.29, 0.717) is 21.4 Å². The number of nitrogens with zero attached hydrogens (tertiary/aromatic N) is 1. The van der Waals surface area contributed by atoms with Crippen LogP contribution in [-0.2, 0) is 4.74 Å². The van der Waals surface area contributed by atoms with E-state index in [0.717, 1.165) is 0 Å². The van der Waals surface area contributed by atoms with E-state index >= 15 is 0 Å². The molecule has 0 bridgehead atoms. The van der Waals surface area contributed by atoms with Gasteiger partial charge in [-0.2, -0.15) is 4.73 Å². The molecule has 1 aliphatic carbocycles. The normalized spacial score (nSPS) is 22.1. The summed E-state index contributed by atoms with van der Waals surface area (Å²) in [6.07, 6.45) is 2.04. The van der Waals surface area contributed by atoms with Crippen molar-refractivity contribution in [3.05, 3.63) is 70.7 Å². The molecule has 2 aliphatic rings. The Morgan fingerprint density at radius 1 is 1.00 bits per heavy atom. The largest absolute Gasteiger partial charge is 0.619 e. The van der Waals surface area contributed by atoms with Crippen molar-refractivity contribution in [1.29, 1.82) is 0 Å². The summed E-state index contributed by atoms with van der Waals surface area (Å²) in [4.78, 5) is 24.9. The Bertz CT molecular complexity index is 716. The van der Waals surface area contributed by atoms with Crippen LogP contribution in [0.2, 0.25) is 0 Å². The first kappa shape index (κ1) is 11.3. The Morgan fingerprint density at radius 2 is 1.55 bits per heavy atom. The van der Waals surface area contributed by atoms with Crippen molar-refractivity contribution >= 4 is 11.6 Å². The molecule has 5 nitrogen and oxygen atoms in total. The van der Waals surface area contributed by atoms with Crippen molar-refractivity contribution in [3.63, 3.8) is 0 Å². The molecule has 1 spiro atoms. The molecule has 20 heavy (non-hydrogen) atoms. The minimum Gasteiger partial charge on any atom is -0.619 e. The lowest BCUT2D eigenvalue weighted by Gasteiger charge is -2.00. The van der Waals surface area contributed by atoms with E-state index in [9.17, 15) is 14.8 Å². The molecule has 1 saturated heterocycles. The van der Waals surface area contributed by atoms with Gasteiger partial charge in [0.2, 0.25) is 17.2 Å². The number of aromatic nitrogens is 1. The van der Waals surface area contributed by atoms with Gasteiger partial charge >= 0.3 is 0 Å². The molecular weight excluding hydrogens is 258 g/mol. The number of hydrogen-bond donors (Lipinski definition) is 0. The molecule has 1 unspecified atom stereocenters. The SMILES string of the molecule is O=C1c2ccccc2C(=O)C12OC2c1cc[n+]([O-])cc1. The molecule has 5 heteroatoms. The average Bonchev–Trinajstić information content (AvgIpc) is 3.19. The second kappa shape index (κ2) is 3.52. The van der Waals surface area contributed by atoms with Crippen LogP contribution in [0.3, 0.4) is 0 Å². The van der Waals surface area contributed by atoms with Gasteiger partial charge in [-0.3, -0.25) is 9.59 Å². The quantitative estimate of drug-likeness (QED) is 0.337. The second-order valence-electron chi connectivity index (χ2n) is 4.93. The number of hydrogen-bond acceptors (Lipinski definition) is 4. The molecule has 1 fully saturated rings. The molecule has 0 saturated carbocycles. The van der Waals surface area contributed by atoms with Gasteiger partial charge in [0.15, 0.2) is 12.4 Å². The first-order valence-electron chi connectivity index (χ1n) is 6.20. The number of ether oxygens (including phenoxy) is 1. The van der Waals surface area contributed by atoms with Crippen LogP contribution in [0.4, 0.5) is 0 Å². The first-order valence-corrected chi connectivity index (χ1v) is 6.20. The van der Waals surface area contributed by atoms with Crippen LogP contribution in [0, 0.1) is 5.21 Å². The number of fused-ring (bicyclic) bond motifs is 1. The number of ketones is 2. The van der Waals surface area contributed by atoms with Crippen LogP contribution >= 0.6 is 0 Å². The molecule has 98 valence electrons. The van der Waals surface area contributed by atoms with Crippen LogP contribution in [0.5, 0.6) is 0 Å². The summed E-state index contributed by atoms with van der Waals surface area (Å²) in [5, 5.41) is 11.0. The zero-order valence-electron chi connectivity index (χ0n) is 10.3. The van der Waals surface area contributed by atoms with Gasteiger partial charge in [0, 0.05) is 23.3 Å². The molecule has 2 heterocycles. The fourth-order valence-corrected chi connectivity index (χ4v) is 2.78. The maximum absolute atomic E-state index is 12.4. The molecule has 0 radical (unpaired) electrons. The summed E-state index contributed by atoms with van der Waals surface area (Å²) in [5.41, 5.74) is 0.0786. The smallest absolute Gasteiger partial charge is 0.224 e. The zero-order chi connectivity index (χ0) is 13.9. The Morgan fingerprint density at radius 3 is 2.10 bits per heavy atom. The topological polar surface area (TPSA) is 73.6 Å². The summed E-state index contributed by atoms with van der Waals surface area (Å²) in [6.45, 7) is 0. The number of epoxide rings is 1. The van der Waals surface area contributed by atoms with E-state index in [1.165, 1.54) is 12.4 Å². The molecule has 0 amide bonds. The van der Waals surface area contributed by atoms with E-state index < -0.39 is 11.7 Å².